The molecule has 0 spiro atoms. The molecule has 98 valence electrons. The zero-order valence-electron chi connectivity index (χ0n) is 10.3. The Bertz CT molecular complexity index is 434. The molecule has 0 bridgehead atoms. The van der Waals surface area contributed by atoms with Gasteiger partial charge in [0, 0.05) is 6.07 Å². The number of benzene rings is 1. The largest absolute Gasteiger partial charge is 0.491 e. The van der Waals surface area contributed by atoms with Crippen LogP contribution in [0.25, 0.3) is 0 Å². The maximum absolute atomic E-state index is 11.3. The Kier molecular flexibility index (Phi) is 3.88. The van der Waals surface area contributed by atoms with E-state index >= 15 is 0 Å². The van der Waals surface area contributed by atoms with Gasteiger partial charge in [-0.05, 0) is 19.2 Å². The lowest BCUT2D eigenvalue weighted by atomic mass is 10.3. The summed E-state index contributed by atoms with van der Waals surface area (Å²) >= 11 is 0. The average Bonchev–Trinajstić information content (AvgIpc) is 2.86. The van der Waals surface area contributed by atoms with E-state index in [1.54, 1.807) is 25.2 Å². The number of hydrogen-bond acceptors (Lipinski definition) is 6. The first-order valence-electron chi connectivity index (χ1n) is 5.52. The number of likely N-dealkylation sites (N-methyl/N-ethyl adjacent to an activating group) is 1. The summed E-state index contributed by atoms with van der Waals surface area (Å²) < 4.78 is 20.6. The minimum Gasteiger partial charge on any atom is -0.491 e. The summed E-state index contributed by atoms with van der Waals surface area (Å²) in [4.78, 5) is 11.3. The maximum Gasteiger partial charge on any atom is 0.326 e. The number of methoxy groups -OCH3 is 1. The molecular weight excluding hydrogens is 238 g/mol. The molecule has 1 N–H and O–H groups in total. The Morgan fingerprint density at radius 2 is 2.22 bits per heavy atom. The number of esters is 1. The van der Waals surface area contributed by atoms with E-state index in [-0.39, 0.29) is 19.4 Å². The van der Waals surface area contributed by atoms with Crippen molar-refractivity contribution in [3.05, 3.63) is 18.2 Å². The Morgan fingerprint density at radius 3 is 2.94 bits per heavy atom. The first-order chi connectivity index (χ1) is 8.74. The highest BCUT2D eigenvalue weighted by Crippen LogP contribution is 2.35. The van der Waals surface area contributed by atoms with Crippen molar-refractivity contribution in [2.24, 2.45) is 0 Å². The smallest absolute Gasteiger partial charge is 0.326 e. The minimum absolute atomic E-state index is 0.183. The van der Waals surface area contributed by atoms with Crippen molar-refractivity contribution in [2.45, 2.75) is 6.04 Å². The normalized spacial score (nSPS) is 14.1. The molecule has 2 rings (SSSR count). The van der Waals surface area contributed by atoms with Crippen molar-refractivity contribution in [1.82, 2.24) is 5.32 Å². The fourth-order valence-electron chi connectivity index (χ4n) is 1.56. The van der Waals surface area contributed by atoms with Crippen LogP contribution in [-0.4, -0.2) is 39.6 Å². The van der Waals surface area contributed by atoms with Gasteiger partial charge in [-0.1, -0.05) is 0 Å². The van der Waals surface area contributed by atoms with Crippen LogP contribution in [0.4, 0.5) is 0 Å². The second-order valence-electron chi connectivity index (χ2n) is 3.69. The van der Waals surface area contributed by atoms with Crippen molar-refractivity contribution in [2.75, 3.05) is 27.6 Å². The van der Waals surface area contributed by atoms with E-state index in [1.807, 2.05) is 0 Å². The summed E-state index contributed by atoms with van der Waals surface area (Å²) in [5, 5.41) is 2.82. The molecule has 1 heterocycles. The summed E-state index contributed by atoms with van der Waals surface area (Å²) in [5.74, 6) is 1.59. The lowest BCUT2D eigenvalue weighted by Crippen LogP contribution is -2.40. The summed E-state index contributed by atoms with van der Waals surface area (Å²) in [6.07, 6.45) is 0. The van der Waals surface area contributed by atoms with Gasteiger partial charge in [-0.15, -0.1) is 0 Å². The van der Waals surface area contributed by atoms with Crippen LogP contribution in [-0.2, 0) is 9.53 Å². The highest BCUT2D eigenvalue weighted by atomic mass is 16.7. The van der Waals surface area contributed by atoms with E-state index in [2.05, 4.69) is 10.1 Å². The fourth-order valence-corrected chi connectivity index (χ4v) is 1.56. The molecule has 0 fully saturated rings. The third kappa shape index (κ3) is 2.65. The average molecular weight is 253 g/mol. The third-order valence-electron chi connectivity index (χ3n) is 2.59. The van der Waals surface area contributed by atoms with E-state index in [4.69, 9.17) is 14.2 Å². The van der Waals surface area contributed by atoms with Gasteiger partial charge < -0.3 is 24.3 Å². The molecule has 0 amide bonds. The molecular formula is C12H15NO5. The molecule has 0 aliphatic carbocycles. The lowest BCUT2D eigenvalue weighted by molar-refractivity contribution is -0.143. The lowest BCUT2D eigenvalue weighted by Gasteiger charge is -2.14. The molecule has 1 aliphatic rings. The molecule has 0 aromatic heterocycles. The van der Waals surface area contributed by atoms with E-state index in [1.165, 1.54) is 7.11 Å². The van der Waals surface area contributed by atoms with E-state index in [9.17, 15) is 4.79 Å². The van der Waals surface area contributed by atoms with Gasteiger partial charge in [-0.3, -0.25) is 4.79 Å². The van der Waals surface area contributed by atoms with Crippen molar-refractivity contribution in [3.63, 3.8) is 0 Å². The molecule has 1 aromatic carbocycles. The van der Waals surface area contributed by atoms with Crippen LogP contribution in [0.15, 0.2) is 18.2 Å². The molecule has 1 aromatic rings. The second kappa shape index (κ2) is 5.59. The van der Waals surface area contributed by atoms with Crippen LogP contribution < -0.4 is 19.5 Å². The van der Waals surface area contributed by atoms with Gasteiger partial charge >= 0.3 is 5.97 Å². The number of rotatable bonds is 5. The van der Waals surface area contributed by atoms with Gasteiger partial charge in [-0.2, -0.15) is 0 Å². The first-order valence-corrected chi connectivity index (χ1v) is 5.52. The molecule has 6 heteroatoms. The highest BCUT2D eigenvalue weighted by Gasteiger charge is 2.19. The molecule has 0 radical (unpaired) electrons. The van der Waals surface area contributed by atoms with Crippen molar-refractivity contribution in [3.8, 4) is 17.2 Å². The molecule has 18 heavy (non-hydrogen) atoms. The van der Waals surface area contributed by atoms with Gasteiger partial charge in [0.15, 0.2) is 11.5 Å². The van der Waals surface area contributed by atoms with Gasteiger partial charge in [0.1, 0.15) is 18.4 Å². The van der Waals surface area contributed by atoms with Crippen LogP contribution in [0, 0.1) is 0 Å². The number of ether oxygens (including phenoxy) is 4. The van der Waals surface area contributed by atoms with Crippen LogP contribution in [0.1, 0.15) is 0 Å². The standard InChI is InChI=1S/C12H15NO5/c1-13-9(12(14)15-2)6-16-8-3-4-10-11(5-8)18-7-17-10/h3-5,9,13H,6-7H2,1-2H3. The van der Waals surface area contributed by atoms with Crippen molar-refractivity contribution < 1.29 is 23.7 Å². The predicted octanol–water partition coefficient (Wildman–Crippen LogP) is 0.555. The molecule has 0 saturated carbocycles. The van der Waals surface area contributed by atoms with E-state index in [0.717, 1.165) is 0 Å². The number of nitrogens with one attached hydrogen (secondary N) is 1. The summed E-state index contributed by atoms with van der Waals surface area (Å²) in [6, 6.07) is 4.76. The van der Waals surface area contributed by atoms with E-state index in [0.29, 0.717) is 17.2 Å². The summed E-state index contributed by atoms with van der Waals surface area (Å²) in [7, 11) is 3.01. The predicted molar refractivity (Wildman–Crippen MR) is 62.9 cm³/mol. The molecule has 1 aliphatic heterocycles. The number of carbonyl (C=O) groups excluding carboxylic acids is 1. The number of hydrogen-bond donors (Lipinski definition) is 1. The van der Waals surface area contributed by atoms with Gasteiger partial charge in [0.05, 0.1) is 7.11 Å². The van der Waals surface area contributed by atoms with Gasteiger partial charge in [-0.25, -0.2) is 0 Å². The van der Waals surface area contributed by atoms with Gasteiger partial charge in [0.2, 0.25) is 6.79 Å². The second-order valence-corrected chi connectivity index (χ2v) is 3.69. The van der Waals surface area contributed by atoms with Crippen LogP contribution in [0.2, 0.25) is 0 Å². The van der Waals surface area contributed by atoms with Crippen LogP contribution in [0.5, 0.6) is 17.2 Å². The van der Waals surface area contributed by atoms with Crippen molar-refractivity contribution in [1.29, 1.82) is 0 Å². The summed E-state index contributed by atoms with van der Waals surface area (Å²) in [6.45, 7) is 0.406. The van der Waals surface area contributed by atoms with Crippen LogP contribution in [0.3, 0.4) is 0 Å². The first kappa shape index (κ1) is 12.5. The third-order valence-corrected chi connectivity index (χ3v) is 2.59. The Labute approximate surface area is 105 Å². The fraction of sp³-hybridized carbons (Fsp3) is 0.417. The van der Waals surface area contributed by atoms with Crippen molar-refractivity contribution >= 4 is 5.97 Å². The van der Waals surface area contributed by atoms with Crippen LogP contribution >= 0.6 is 0 Å². The molecule has 6 nitrogen and oxygen atoms in total. The summed E-state index contributed by atoms with van der Waals surface area (Å²) in [5.41, 5.74) is 0. The quantitative estimate of drug-likeness (QED) is 0.773. The zero-order chi connectivity index (χ0) is 13.0. The van der Waals surface area contributed by atoms with E-state index < -0.39 is 6.04 Å². The Balaban J connectivity index is 1.95. The number of fused-ring (bicyclic) bond motifs is 1. The molecule has 0 saturated heterocycles. The highest BCUT2D eigenvalue weighted by molar-refractivity contribution is 5.75. The monoisotopic (exact) mass is 253 g/mol. The minimum atomic E-state index is -0.500. The van der Waals surface area contributed by atoms with Gasteiger partial charge in [0.25, 0.3) is 0 Å². The molecule has 1 unspecified atom stereocenters. The molecule has 1 atom stereocenters. The Hall–Kier alpha value is -1.95. The topological polar surface area (TPSA) is 66.0 Å². The maximum atomic E-state index is 11.3. The Morgan fingerprint density at radius 1 is 1.44 bits per heavy atom. The SMILES string of the molecule is CNC(COc1ccc2c(c1)OCO2)C(=O)OC. The number of carbonyl (C=O) groups is 1. The zero-order valence-corrected chi connectivity index (χ0v) is 10.3.